The molecule has 0 bridgehead atoms. The van der Waals surface area contributed by atoms with Crippen LogP contribution < -0.4 is 10.1 Å². The largest absolute Gasteiger partial charge is 0.480 e. The molecule has 0 aliphatic carbocycles. The van der Waals surface area contributed by atoms with Crippen LogP contribution in [0.4, 0.5) is 5.69 Å². The first-order chi connectivity index (χ1) is 10.5. The summed E-state index contributed by atoms with van der Waals surface area (Å²) in [6.45, 7) is 7.97. The first-order valence-corrected chi connectivity index (χ1v) is 7.62. The van der Waals surface area contributed by atoms with Gasteiger partial charge in [0.25, 0.3) is 5.91 Å². The van der Waals surface area contributed by atoms with Crippen LogP contribution in [0.1, 0.15) is 30.0 Å². The van der Waals surface area contributed by atoms with Crippen LogP contribution in [0.3, 0.4) is 0 Å². The summed E-state index contributed by atoms with van der Waals surface area (Å²) in [5.74, 6) is 0.643. The minimum Gasteiger partial charge on any atom is -0.480 e. The first kappa shape index (κ1) is 16.1. The van der Waals surface area contributed by atoms with E-state index in [4.69, 9.17) is 4.74 Å². The number of carbonyl (C=O) groups is 1. The van der Waals surface area contributed by atoms with Gasteiger partial charge < -0.3 is 10.1 Å². The lowest BCUT2D eigenvalue weighted by Gasteiger charge is -2.19. The SMILES string of the molecule is CC[C@@H](Oc1ccccc1C)C(=O)Nc1cccc(C)c1C. The minimum absolute atomic E-state index is 0.112. The molecule has 2 aromatic rings. The maximum absolute atomic E-state index is 12.5. The van der Waals surface area contributed by atoms with E-state index in [1.165, 1.54) is 0 Å². The molecule has 0 radical (unpaired) electrons. The van der Waals surface area contributed by atoms with Gasteiger partial charge in [-0.3, -0.25) is 4.79 Å². The molecule has 2 rings (SSSR count). The Hall–Kier alpha value is -2.29. The predicted octanol–water partition coefficient (Wildman–Crippen LogP) is 4.41. The van der Waals surface area contributed by atoms with E-state index in [9.17, 15) is 4.79 Å². The summed E-state index contributed by atoms with van der Waals surface area (Å²) in [7, 11) is 0. The van der Waals surface area contributed by atoms with Crippen molar-refractivity contribution < 1.29 is 9.53 Å². The molecule has 3 nitrogen and oxygen atoms in total. The number of hydrogen-bond donors (Lipinski definition) is 1. The van der Waals surface area contributed by atoms with Crippen LogP contribution >= 0.6 is 0 Å². The zero-order chi connectivity index (χ0) is 16.1. The third-order valence-electron chi connectivity index (χ3n) is 3.89. The Bertz CT molecular complexity index is 664. The lowest BCUT2D eigenvalue weighted by molar-refractivity contribution is -0.122. The smallest absolute Gasteiger partial charge is 0.265 e. The van der Waals surface area contributed by atoms with Crippen molar-refractivity contribution in [3.8, 4) is 5.75 Å². The van der Waals surface area contributed by atoms with Crippen LogP contribution in [0.25, 0.3) is 0 Å². The highest BCUT2D eigenvalue weighted by atomic mass is 16.5. The van der Waals surface area contributed by atoms with Crippen molar-refractivity contribution in [3.63, 3.8) is 0 Å². The van der Waals surface area contributed by atoms with E-state index >= 15 is 0 Å². The number of nitrogens with one attached hydrogen (secondary N) is 1. The van der Waals surface area contributed by atoms with Crippen molar-refractivity contribution in [2.75, 3.05) is 5.32 Å². The Morgan fingerprint density at radius 3 is 2.41 bits per heavy atom. The van der Waals surface area contributed by atoms with E-state index in [1.54, 1.807) is 0 Å². The van der Waals surface area contributed by atoms with Gasteiger partial charge in [-0.2, -0.15) is 0 Å². The normalized spacial score (nSPS) is 11.8. The van der Waals surface area contributed by atoms with E-state index in [0.29, 0.717) is 6.42 Å². The fraction of sp³-hybridized carbons (Fsp3) is 0.316. The van der Waals surface area contributed by atoms with Crippen LogP contribution in [0, 0.1) is 20.8 Å². The summed E-state index contributed by atoms with van der Waals surface area (Å²) < 4.78 is 5.89. The van der Waals surface area contributed by atoms with Crippen LogP contribution in [0.5, 0.6) is 5.75 Å². The topological polar surface area (TPSA) is 38.3 Å². The Balaban J connectivity index is 2.12. The third-order valence-corrected chi connectivity index (χ3v) is 3.89. The number of hydrogen-bond acceptors (Lipinski definition) is 2. The zero-order valence-electron chi connectivity index (χ0n) is 13.6. The number of anilines is 1. The zero-order valence-corrected chi connectivity index (χ0v) is 13.6. The first-order valence-electron chi connectivity index (χ1n) is 7.62. The van der Waals surface area contributed by atoms with Gasteiger partial charge in [-0.1, -0.05) is 37.3 Å². The molecule has 116 valence electrons. The molecule has 22 heavy (non-hydrogen) atoms. The summed E-state index contributed by atoms with van der Waals surface area (Å²) >= 11 is 0. The van der Waals surface area contributed by atoms with Gasteiger partial charge in [0, 0.05) is 5.69 Å². The monoisotopic (exact) mass is 297 g/mol. The predicted molar refractivity (Wildman–Crippen MR) is 90.4 cm³/mol. The minimum atomic E-state index is -0.499. The number of ether oxygens (including phenoxy) is 1. The number of amides is 1. The highest BCUT2D eigenvalue weighted by Crippen LogP contribution is 2.21. The van der Waals surface area contributed by atoms with Crippen molar-refractivity contribution in [1.29, 1.82) is 0 Å². The molecule has 0 aliphatic rings. The number of benzene rings is 2. The molecule has 0 fully saturated rings. The van der Waals surface area contributed by atoms with Gasteiger partial charge >= 0.3 is 0 Å². The lowest BCUT2D eigenvalue weighted by atomic mass is 10.1. The molecule has 0 aliphatic heterocycles. The maximum atomic E-state index is 12.5. The van der Waals surface area contributed by atoms with E-state index in [-0.39, 0.29) is 5.91 Å². The number of para-hydroxylation sites is 1. The van der Waals surface area contributed by atoms with E-state index in [1.807, 2.05) is 70.2 Å². The van der Waals surface area contributed by atoms with Gasteiger partial charge in [-0.05, 0) is 56.0 Å². The van der Waals surface area contributed by atoms with Crippen molar-refractivity contribution >= 4 is 11.6 Å². The summed E-state index contributed by atoms with van der Waals surface area (Å²) in [4.78, 5) is 12.5. The summed E-state index contributed by atoms with van der Waals surface area (Å²) in [5, 5.41) is 2.98. The second kappa shape index (κ2) is 7.12. The molecule has 0 saturated carbocycles. The Kier molecular flexibility index (Phi) is 5.21. The van der Waals surface area contributed by atoms with E-state index < -0.39 is 6.10 Å². The molecular weight excluding hydrogens is 274 g/mol. The highest BCUT2D eigenvalue weighted by molar-refractivity contribution is 5.95. The fourth-order valence-corrected chi connectivity index (χ4v) is 2.26. The standard InChI is InChI=1S/C19H23NO2/c1-5-17(22-18-12-7-6-9-14(18)3)19(21)20-16-11-8-10-13(2)15(16)4/h6-12,17H,5H2,1-4H3,(H,20,21)/t17-/m1/s1. The summed E-state index contributed by atoms with van der Waals surface area (Å²) in [6, 6.07) is 13.6. The van der Waals surface area contributed by atoms with E-state index in [0.717, 1.165) is 28.1 Å². The van der Waals surface area contributed by atoms with Crippen LogP contribution in [0.2, 0.25) is 0 Å². The van der Waals surface area contributed by atoms with Gasteiger partial charge in [0.2, 0.25) is 0 Å². The number of rotatable bonds is 5. The Morgan fingerprint density at radius 2 is 1.73 bits per heavy atom. The van der Waals surface area contributed by atoms with Gasteiger partial charge in [0.1, 0.15) is 5.75 Å². The van der Waals surface area contributed by atoms with Crippen LogP contribution in [-0.2, 0) is 4.79 Å². The molecule has 1 atom stereocenters. The van der Waals surface area contributed by atoms with E-state index in [2.05, 4.69) is 5.32 Å². The second-order valence-corrected chi connectivity index (χ2v) is 5.52. The van der Waals surface area contributed by atoms with Crippen molar-refractivity contribution in [1.82, 2.24) is 0 Å². The van der Waals surface area contributed by atoms with Crippen molar-refractivity contribution in [2.45, 2.75) is 40.2 Å². The van der Waals surface area contributed by atoms with Crippen molar-refractivity contribution in [3.05, 3.63) is 59.2 Å². The molecule has 0 spiro atoms. The van der Waals surface area contributed by atoms with Gasteiger partial charge in [0.05, 0.1) is 0 Å². The van der Waals surface area contributed by atoms with Gasteiger partial charge in [0.15, 0.2) is 6.10 Å². The molecule has 1 amide bonds. The molecule has 1 N–H and O–H groups in total. The quantitative estimate of drug-likeness (QED) is 0.888. The molecule has 2 aromatic carbocycles. The van der Waals surface area contributed by atoms with Crippen LogP contribution in [-0.4, -0.2) is 12.0 Å². The molecule has 0 unspecified atom stereocenters. The molecular formula is C19H23NO2. The molecule has 0 aromatic heterocycles. The van der Waals surface area contributed by atoms with Crippen molar-refractivity contribution in [2.24, 2.45) is 0 Å². The second-order valence-electron chi connectivity index (χ2n) is 5.52. The lowest BCUT2D eigenvalue weighted by Crippen LogP contribution is -2.32. The highest BCUT2D eigenvalue weighted by Gasteiger charge is 2.19. The fourth-order valence-electron chi connectivity index (χ4n) is 2.26. The van der Waals surface area contributed by atoms with Crippen LogP contribution in [0.15, 0.2) is 42.5 Å². The average molecular weight is 297 g/mol. The number of carbonyl (C=O) groups excluding carboxylic acids is 1. The van der Waals surface area contributed by atoms with Gasteiger partial charge in [-0.15, -0.1) is 0 Å². The maximum Gasteiger partial charge on any atom is 0.265 e. The Morgan fingerprint density at radius 1 is 1.05 bits per heavy atom. The third kappa shape index (κ3) is 3.67. The molecule has 0 saturated heterocycles. The average Bonchev–Trinajstić information content (AvgIpc) is 2.51. The number of aryl methyl sites for hydroxylation is 2. The molecule has 3 heteroatoms. The summed E-state index contributed by atoms with van der Waals surface area (Å²) in [6.07, 6.45) is 0.117. The molecule has 0 heterocycles. The van der Waals surface area contributed by atoms with Gasteiger partial charge in [-0.25, -0.2) is 0 Å². The summed E-state index contributed by atoms with van der Waals surface area (Å²) in [5.41, 5.74) is 4.12. The Labute approximate surface area is 132 Å².